The molecule has 4 aromatic heterocycles. The van der Waals surface area contributed by atoms with E-state index < -0.39 is 21.7 Å². The van der Waals surface area contributed by atoms with Crippen LogP contribution in [-0.4, -0.2) is 75.9 Å². The number of hydrogen-bond donors (Lipinski definition) is 9. The highest BCUT2D eigenvalue weighted by atomic mass is 16.2. The van der Waals surface area contributed by atoms with Gasteiger partial charge in [0.2, 0.25) is 72.8 Å². The number of nitrogen functional groups attached to an aromatic ring is 4. The van der Waals surface area contributed by atoms with Gasteiger partial charge in [0.05, 0.1) is 5.41 Å². The van der Waals surface area contributed by atoms with Gasteiger partial charge < -0.3 is 49.5 Å². The highest BCUT2D eigenvalue weighted by Gasteiger charge is 2.74. The van der Waals surface area contributed by atoms with E-state index in [1.54, 1.807) is 0 Å². The summed E-state index contributed by atoms with van der Waals surface area (Å²) in [4.78, 5) is 84.9. The quantitative estimate of drug-likeness (QED) is 0.00743. The Bertz CT molecular complexity index is 6600. The number of nitrogens with two attached hydrogens (primary N) is 4. The first kappa shape index (κ1) is 96.8. The van der Waals surface area contributed by atoms with Crippen molar-refractivity contribution in [2.75, 3.05) is 76.9 Å². The zero-order valence-electron chi connectivity index (χ0n) is 84.1. The second-order valence-electron chi connectivity index (χ2n) is 41.9. The molecule has 4 aliphatic carbocycles. The van der Waals surface area contributed by atoms with Crippen LogP contribution >= 0.6 is 0 Å². The Morgan fingerprint density at radius 3 is 0.683 bits per heavy atom. The van der Waals surface area contributed by atoms with Gasteiger partial charge in [0.1, 0.15) is 61.5 Å². The van der Waals surface area contributed by atoms with Crippen molar-refractivity contribution >= 4 is 157 Å². The highest BCUT2D eigenvalue weighted by molar-refractivity contribution is 5.99. The van der Waals surface area contributed by atoms with Gasteiger partial charge in [-0.15, -0.1) is 18.3 Å². The van der Waals surface area contributed by atoms with E-state index in [0.29, 0.717) is 83.6 Å². The van der Waals surface area contributed by atoms with E-state index in [0.717, 1.165) is 330 Å². The van der Waals surface area contributed by atoms with Crippen molar-refractivity contribution in [3.63, 3.8) is 0 Å². The SMILES string of the molecule is Cc1cc2nc3cc(C)c(NCCCCCCCC(=O)C45CC6(C(=O)CCCCCCCNc7cc8c(cc7C)nc7cc(C)c(N)cc7[n+]8-c7ccccc7)CC(C(=O)CCCCCCCNc7cc8c(cc7C)nc7cc(C)c(N)cc7[n+]8-c7ccccc7)(C4)CC(C(=O)NCCCCCCNc4cc7c(cc4C)nc4cc(C)c(N)cc4[n+]7-c4ccccc4)(C5)C6)cc3[n+](-c3ccccc3)c2cc1N. The number of fused-ring (bicyclic) bond motifs is 8. The predicted octanol–water partition coefficient (Wildman–Crippen LogP) is 23.9. The molecule has 21 heteroatoms. The van der Waals surface area contributed by atoms with E-state index in [9.17, 15) is 0 Å². The van der Waals surface area contributed by atoms with Gasteiger partial charge >= 0.3 is 0 Å². The molecule has 16 aromatic rings. The van der Waals surface area contributed by atoms with E-state index in [-0.39, 0.29) is 23.3 Å². The third kappa shape index (κ3) is 19.9. The number of carbonyl (C=O) groups excluding carboxylic acids is 4. The maximum Gasteiger partial charge on any atom is 0.239 e. The molecule has 4 bridgehead atoms. The van der Waals surface area contributed by atoms with Crippen LogP contribution in [0.4, 0.5) is 45.5 Å². The lowest BCUT2D eigenvalue weighted by molar-refractivity contribution is -0.538. The molecule has 1 amide bonds. The van der Waals surface area contributed by atoms with Crippen LogP contribution in [0, 0.1) is 77.0 Å². The minimum atomic E-state index is -1.07. The molecule has 4 aliphatic rings. The summed E-state index contributed by atoms with van der Waals surface area (Å²) in [6.45, 7) is 20.2. The molecule has 728 valence electrons. The fourth-order valence-electron chi connectivity index (χ4n) is 24.2. The van der Waals surface area contributed by atoms with Crippen LogP contribution in [0.3, 0.4) is 0 Å². The minimum Gasteiger partial charge on any atom is -0.398 e. The molecular weight excluding hydrogens is 1760 g/mol. The standard InChI is InChI=1S/C121H135N17O4/c1-78-56-98-106(64-90(78)122)135(86-40-24-20-25-41-86)110-68-94(82(5)60-102(110)131-98)126-51-35-15-9-12-32-48-114(139)118-72-119(115(140)49-33-13-10-16-36-52-127-95-69-111-103(61-83(95)6)132-99-57-79(2)91(123)65-107(99)136(111)87-42-26-21-27-43-87)74-120(73-118,116(141)50-34-14-11-17-37-53-128-96-70-112-104(62-84(96)7)133-100-58-80(3)92(124)66-108(100)137(112)88-44-28-22-29-45-88)77-121(75-118,76-119)117(142)130-55-39-19-18-38-54-129-97-71-113-105(63-85(97)8)134-101-59-81(4)93(125)67-109(101)138(113)89-46-30-23-31-47-89/h20-31,40-47,56-71H,9-19,32-39,48-55,72-77H2,1-8H3,(H9,122,123,124,125,126,127,128,129,130,142)/p+4. The lowest BCUT2D eigenvalue weighted by Gasteiger charge is -2.68. The van der Waals surface area contributed by atoms with E-state index in [1.807, 2.05) is 76.2 Å². The minimum absolute atomic E-state index is 0.0886. The molecule has 0 spiro atoms. The monoisotopic (exact) mass is 1890 g/mol. The van der Waals surface area contributed by atoms with E-state index in [2.05, 4.69) is 242 Å². The number of aromatic nitrogens is 8. The van der Waals surface area contributed by atoms with E-state index in [4.69, 9.17) is 42.9 Å². The summed E-state index contributed by atoms with van der Waals surface area (Å²) in [7, 11) is 0. The van der Waals surface area contributed by atoms with Crippen molar-refractivity contribution < 1.29 is 37.4 Å². The van der Waals surface area contributed by atoms with Gasteiger partial charge in [-0.2, -0.15) is 0 Å². The Labute approximate surface area is 834 Å². The molecule has 13 N–H and O–H groups in total. The summed E-state index contributed by atoms with van der Waals surface area (Å²) in [5, 5.41) is 18.6. The number of nitrogens with zero attached hydrogens (tertiary/aromatic N) is 8. The van der Waals surface area contributed by atoms with Crippen LogP contribution < -0.4 is 67.8 Å². The maximum absolute atomic E-state index is 16.1. The molecule has 21 nitrogen and oxygen atoms in total. The van der Waals surface area contributed by atoms with Gasteiger partial charge in [-0.1, -0.05) is 143 Å². The number of hydrogen-bond acceptors (Lipinski definition) is 16. The highest BCUT2D eigenvalue weighted by Crippen LogP contribution is 2.75. The van der Waals surface area contributed by atoms with Gasteiger partial charge in [-0.05, 0) is 238 Å². The molecule has 0 saturated heterocycles. The summed E-state index contributed by atoms with van der Waals surface area (Å²) < 4.78 is 9.03. The normalized spacial score (nSPS) is 17.1. The van der Waals surface area contributed by atoms with Crippen molar-refractivity contribution in [1.29, 1.82) is 0 Å². The summed E-state index contributed by atoms with van der Waals surface area (Å²) in [6, 6.07) is 75.5. The number of Topliss-reactive ketones (excluding diaryl/α,β-unsaturated/α-hetero) is 3. The smallest absolute Gasteiger partial charge is 0.239 e. The van der Waals surface area contributed by atoms with Gasteiger partial charge in [-0.25, -0.2) is 19.9 Å². The molecule has 12 aromatic carbocycles. The number of amides is 1. The maximum atomic E-state index is 16.1. The van der Waals surface area contributed by atoms with Crippen molar-refractivity contribution in [3.05, 3.63) is 263 Å². The van der Waals surface area contributed by atoms with Crippen LogP contribution in [0.1, 0.15) is 224 Å². The van der Waals surface area contributed by atoms with Crippen LogP contribution in [0.5, 0.6) is 0 Å². The zero-order chi connectivity index (χ0) is 98.6. The predicted molar refractivity (Wildman–Crippen MR) is 580 cm³/mol. The Kier molecular flexibility index (Phi) is 28.4. The summed E-state index contributed by atoms with van der Waals surface area (Å²) in [5.74, 6) is 0.312. The molecule has 0 atom stereocenters. The Morgan fingerprint density at radius 2 is 0.444 bits per heavy atom. The van der Waals surface area contributed by atoms with Gasteiger partial charge in [0, 0.05) is 211 Å². The number of anilines is 8. The summed E-state index contributed by atoms with van der Waals surface area (Å²) >= 11 is 0. The number of ketones is 3. The number of carbonyl (C=O) groups is 4. The number of aryl methyl sites for hydroxylation is 8. The lowest BCUT2D eigenvalue weighted by atomic mass is 9.33. The Morgan fingerprint density at radius 1 is 0.246 bits per heavy atom. The van der Waals surface area contributed by atoms with Gasteiger partial charge in [0.15, 0.2) is 0 Å². The molecule has 0 aliphatic heterocycles. The fraction of sp³-hybridized carbons (Fsp3) is 0.372. The van der Waals surface area contributed by atoms with Crippen molar-refractivity contribution in [3.8, 4) is 22.7 Å². The number of nitrogens with one attached hydrogen (secondary N) is 5. The van der Waals surface area contributed by atoms with Crippen molar-refractivity contribution in [2.24, 2.45) is 21.7 Å². The molecule has 0 radical (unpaired) electrons. The second-order valence-corrected chi connectivity index (χ2v) is 41.9. The third-order valence-electron chi connectivity index (χ3n) is 31.4. The molecule has 4 fully saturated rings. The van der Waals surface area contributed by atoms with Gasteiger partial charge in [-0.3, -0.25) is 19.2 Å². The average molecular weight is 1900 g/mol. The first-order valence-electron chi connectivity index (χ1n) is 52.1. The molecule has 20 rings (SSSR count). The summed E-state index contributed by atoms with van der Waals surface area (Å²) in [5.41, 5.74) is 56.8. The fourth-order valence-corrected chi connectivity index (χ4v) is 24.2. The molecule has 0 unspecified atom stereocenters. The van der Waals surface area contributed by atoms with Crippen molar-refractivity contribution in [2.45, 2.75) is 235 Å². The van der Waals surface area contributed by atoms with E-state index >= 15 is 19.2 Å². The number of benzene rings is 12. The Hall–Kier alpha value is -14.1. The molecular formula is C121H139N17O4+4. The lowest BCUT2D eigenvalue weighted by Crippen LogP contribution is -2.69. The van der Waals surface area contributed by atoms with Crippen LogP contribution in [-0.2, 0) is 19.2 Å². The molecule has 4 saturated carbocycles. The first-order valence-corrected chi connectivity index (χ1v) is 52.1. The van der Waals surface area contributed by atoms with Gasteiger partial charge in [0.25, 0.3) is 0 Å². The number of unbranched alkanes of at least 4 members (excludes halogenated alkanes) is 15. The van der Waals surface area contributed by atoms with E-state index in [1.165, 1.54) is 0 Å². The third-order valence-corrected chi connectivity index (χ3v) is 31.4. The second kappa shape index (κ2) is 41.6. The largest absolute Gasteiger partial charge is 0.398 e. The average Bonchev–Trinajstić information content (AvgIpc) is 0.667. The topological polar surface area (TPSA) is 300 Å². The van der Waals surface area contributed by atoms with Crippen LogP contribution in [0.25, 0.3) is 111 Å². The van der Waals surface area contributed by atoms with Crippen LogP contribution in [0.2, 0.25) is 0 Å². The number of para-hydroxylation sites is 4. The zero-order valence-corrected chi connectivity index (χ0v) is 84.1. The van der Waals surface area contributed by atoms with Crippen LogP contribution in [0.15, 0.2) is 218 Å². The van der Waals surface area contributed by atoms with Crippen molar-refractivity contribution in [1.82, 2.24) is 25.3 Å². The molecule has 4 heterocycles. The Balaban J connectivity index is 0.537. The molecule has 142 heavy (non-hydrogen) atoms. The first-order chi connectivity index (χ1) is 68.8. The summed E-state index contributed by atoms with van der Waals surface area (Å²) in [6.07, 6.45) is 20.2. The number of rotatable bonds is 43.